The number of rotatable bonds is 5. The Morgan fingerprint density at radius 1 is 0.828 bits per heavy atom. The molecule has 0 radical (unpaired) electrons. The fraction of sp³-hybridized carbons (Fsp3) is 0.0400. The lowest BCUT2D eigenvalue weighted by molar-refractivity contribution is 0.0942. The van der Waals surface area contributed by atoms with E-state index in [0.717, 1.165) is 22.6 Å². The van der Waals surface area contributed by atoms with Gasteiger partial charge in [0.2, 0.25) is 0 Å². The monoisotopic (exact) mass is 381 g/mol. The molecule has 1 amide bonds. The maximum atomic E-state index is 12.9. The average molecular weight is 381 g/mol. The van der Waals surface area contributed by atoms with Gasteiger partial charge in [0.15, 0.2) is 0 Å². The lowest BCUT2D eigenvalue weighted by Gasteiger charge is -2.23. The van der Waals surface area contributed by atoms with E-state index < -0.39 is 6.04 Å². The third kappa shape index (κ3) is 3.73. The maximum absolute atomic E-state index is 12.9. The average Bonchev–Trinajstić information content (AvgIpc) is 2.78. The van der Waals surface area contributed by atoms with Crippen LogP contribution in [0.5, 0.6) is 5.75 Å². The van der Waals surface area contributed by atoms with Crippen LogP contribution in [0.1, 0.15) is 37.9 Å². The molecule has 4 nitrogen and oxygen atoms in total. The van der Waals surface area contributed by atoms with Gasteiger partial charge in [-0.25, -0.2) is 0 Å². The second-order valence-electron chi connectivity index (χ2n) is 6.78. The third-order valence-corrected chi connectivity index (χ3v) is 4.95. The molecule has 1 unspecified atom stereocenters. The van der Waals surface area contributed by atoms with Gasteiger partial charge in [0.25, 0.3) is 5.91 Å². The summed E-state index contributed by atoms with van der Waals surface area (Å²) in [6, 6.07) is 26.5. The lowest BCUT2D eigenvalue weighted by Crippen LogP contribution is -2.29. The molecule has 142 valence electrons. The molecule has 29 heavy (non-hydrogen) atoms. The first-order chi connectivity index (χ1) is 14.2. The number of nitrogens with one attached hydrogen (secondary N) is 1. The Balaban J connectivity index is 1.85. The van der Waals surface area contributed by atoms with Crippen LogP contribution in [-0.4, -0.2) is 17.3 Å². The molecule has 0 spiro atoms. The minimum absolute atomic E-state index is 0.0986. The van der Waals surface area contributed by atoms with Gasteiger partial charge in [-0.05, 0) is 34.5 Å². The topological polar surface area (TPSA) is 66.4 Å². The van der Waals surface area contributed by atoms with Crippen molar-refractivity contribution in [3.05, 3.63) is 113 Å². The zero-order valence-corrected chi connectivity index (χ0v) is 15.6. The van der Waals surface area contributed by atoms with Crippen molar-refractivity contribution in [1.29, 1.82) is 0 Å². The van der Waals surface area contributed by atoms with Crippen molar-refractivity contribution >= 4 is 23.0 Å². The van der Waals surface area contributed by atoms with E-state index in [-0.39, 0.29) is 11.7 Å². The maximum Gasteiger partial charge on any atom is 0.252 e. The van der Waals surface area contributed by atoms with Crippen molar-refractivity contribution < 1.29 is 14.7 Å². The predicted octanol–water partition coefficient (Wildman–Crippen LogP) is 4.88. The van der Waals surface area contributed by atoms with Crippen molar-refractivity contribution in [2.45, 2.75) is 6.04 Å². The largest absolute Gasteiger partial charge is 0.508 e. The van der Waals surface area contributed by atoms with Crippen molar-refractivity contribution in [1.82, 2.24) is 5.32 Å². The first-order valence-corrected chi connectivity index (χ1v) is 9.29. The molecular weight excluding hydrogens is 362 g/mol. The molecule has 0 heterocycles. The Morgan fingerprint density at radius 3 is 2.24 bits per heavy atom. The van der Waals surface area contributed by atoms with E-state index in [1.54, 1.807) is 54.6 Å². The SMILES string of the molecule is O=Cc1ccc(C(NC(=O)c2ccccc2)c2c(O)ccc3ccccc23)cc1. The normalized spacial score (nSPS) is 11.7. The van der Waals surface area contributed by atoms with Crippen molar-refractivity contribution in [3.63, 3.8) is 0 Å². The summed E-state index contributed by atoms with van der Waals surface area (Å²) in [6.07, 6.45) is 0.775. The van der Waals surface area contributed by atoms with Crippen LogP contribution in [0.3, 0.4) is 0 Å². The van der Waals surface area contributed by atoms with E-state index in [1.165, 1.54) is 0 Å². The van der Waals surface area contributed by atoms with Crippen molar-refractivity contribution in [3.8, 4) is 5.75 Å². The van der Waals surface area contributed by atoms with E-state index in [1.807, 2.05) is 36.4 Å². The van der Waals surface area contributed by atoms with E-state index in [0.29, 0.717) is 16.7 Å². The number of benzene rings is 4. The van der Waals surface area contributed by atoms with Crippen molar-refractivity contribution in [2.24, 2.45) is 0 Å². The number of phenols is 1. The predicted molar refractivity (Wildman–Crippen MR) is 113 cm³/mol. The number of carbonyl (C=O) groups is 2. The summed E-state index contributed by atoms with van der Waals surface area (Å²) in [6.45, 7) is 0. The number of hydrogen-bond donors (Lipinski definition) is 2. The number of carbonyl (C=O) groups excluding carboxylic acids is 2. The second-order valence-corrected chi connectivity index (χ2v) is 6.78. The third-order valence-electron chi connectivity index (χ3n) is 4.95. The Hall–Kier alpha value is -3.92. The highest BCUT2D eigenvalue weighted by Gasteiger charge is 2.23. The first-order valence-electron chi connectivity index (χ1n) is 9.29. The molecule has 0 aliphatic carbocycles. The Kier molecular flexibility index (Phi) is 5.08. The van der Waals surface area contributed by atoms with Gasteiger partial charge < -0.3 is 10.4 Å². The highest BCUT2D eigenvalue weighted by molar-refractivity contribution is 5.96. The number of hydrogen-bond acceptors (Lipinski definition) is 3. The van der Waals surface area contributed by atoms with Crippen LogP contribution in [0.2, 0.25) is 0 Å². The molecule has 0 saturated heterocycles. The number of aromatic hydroxyl groups is 1. The van der Waals surface area contributed by atoms with E-state index in [2.05, 4.69) is 5.32 Å². The second kappa shape index (κ2) is 7.98. The highest BCUT2D eigenvalue weighted by atomic mass is 16.3. The van der Waals surface area contributed by atoms with Gasteiger partial charge in [0, 0.05) is 16.7 Å². The summed E-state index contributed by atoms with van der Waals surface area (Å²) in [7, 11) is 0. The van der Waals surface area contributed by atoms with Gasteiger partial charge >= 0.3 is 0 Å². The Labute approximate surface area is 168 Å². The smallest absolute Gasteiger partial charge is 0.252 e. The van der Waals surface area contributed by atoms with Crippen LogP contribution in [0.25, 0.3) is 10.8 Å². The van der Waals surface area contributed by atoms with Crippen LogP contribution in [0.15, 0.2) is 91.0 Å². The number of amides is 1. The van der Waals surface area contributed by atoms with Gasteiger partial charge in [0.05, 0.1) is 6.04 Å². The van der Waals surface area contributed by atoms with Crippen LogP contribution in [0, 0.1) is 0 Å². The molecule has 0 fully saturated rings. The fourth-order valence-corrected chi connectivity index (χ4v) is 3.48. The molecule has 2 N–H and O–H groups in total. The van der Waals surface area contributed by atoms with Gasteiger partial charge in [-0.2, -0.15) is 0 Å². The Bertz CT molecular complexity index is 1170. The highest BCUT2D eigenvalue weighted by Crippen LogP contribution is 2.36. The fourth-order valence-electron chi connectivity index (χ4n) is 3.48. The van der Waals surface area contributed by atoms with Gasteiger partial charge in [-0.3, -0.25) is 9.59 Å². The molecule has 0 aromatic heterocycles. The molecule has 4 aromatic carbocycles. The van der Waals surface area contributed by atoms with E-state index in [4.69, 9.17) is 0 Å². The van der Waals surface area contributed by atoms with Gasteiger partial charge in [-0.15, -0.1) is 0 Å². The summed E-state index contributed by atoms with van der Waals surface area (Å²) in [5.74, 6) is -0.149. The van der Waals surface area contributed by atoms with Gasteiger partial charge in [-0.1, -0.05) is 72.8 Å². The van der Waals surface area contributed by atoms with Crippen LogP contribution in [0.4, 0.5) is 0 Å². The molecular formula is C25H19NO3. The molecule has 4 rings (SSSR count). The number of aldehydes is 1. The summed E-state index contributed by atoms with van der Waals surface area (Å²) in [4.78, 5) is 24.0. The zero-order chi connectivity index (χ0) is 20.2. The summed E-state index contributed by atoms with van der Waals surface area (Å²) >= 11 is 0. The lowest BCUT2D eigenvalue weighted by atomic mass is 9.92. The molecule has 4 aromatic rings. The quantitative estimate of drug-likeness (QED) is 0.484. The van der Waals surface area contributed by atoms with Crippen LogP contribution in [-0.2, 0) is 0 Å². The molecule has 0 aliphatic heterocycles. The minimum Gasteiger partial charge on any atom is -0.508 e. The standard InChI is InChI=1S/C25H19NO3/c27-16-17-10-12-19(13-11-17)24(26-25(29)20-7-2-1-3-8-20)23-21-9-5-4-6-18(21)14-15-22(23)28/h1-16,24,28H,(H,26,29). The number of fused-ring (bicyclic) bond motifs is 1. The van der Waals surface area contributed by atoms with E-state index >= 15 is 0 Å². The van der Waals surface area contributed by atoms with E-state index in [9.17, 15) is 14.7 Å². The molecule has 0 bridgehead atoms. The van der Waals surface area contributed by atoms with Crippen LogP contribution >= 0.6 is 0 Å². The Morgan fingerprint density at radius 2 is 1.52 bits per heavy atom. The zero-order valence-electron chi connectivity index (χ0n) is 15.6. The molecule has 0 aliphatic rings. The summed E-state index contributed by atoms with van der Waals surface area (Å²) < 4.78 is 0. The molecule has 1 atom stereocenters. The minimum atomic E-state index is -0.588. The molecule has 0 saturated carbocycles. The van der Waals surface area contributed by atoms with Crippen molar-refractivity contribution in [2.75, 3.05) is 0 Å². The molecule has 4 heteroatoms. The first kappa shape index (κ1) is 18.4. The van der Waals surface area contributed by atoms with Gasteiger partial charge in [0.1, 0.15) is 12.0 Å². The van der Waals surface area contributed by atoms with Crippen LogP contribution < -0.4 is 5.32 Å². The number of phenolic OH excluding ortho intramolecular Hbond substituents is 1. The summed E-state index contributed by atoms with van der Waals surface area (Å²) in [5.41, 5.74) is 2.46. The summed E-state index contributed by atoms with van der Waals surface area (Å²) in [5, 5.41) is 15.6.